The van der Waals surface area contributed by atoms with Crippen molar-refractivity contribution in [1.82, 2.24) is 15.3 Å². The zero-order valence-corrected chi connectivity index (χ0v) is 16.3. The van der Waals surface area contributed by atoms with Crippen molar-refractivity contribution in [3.05, 3.63) is 42.2 Å². The number of fused-ring (bicyclic) bond motifs is 4. The monoisotopic (exact) mass is 435 g/mol. The van der Waals surface area contributed by atoms with Crippen LogP contribution in [0.25, 0.3) is 0 Å². The maximum Gasteiger partial charge on any atom is 0.405 e. The summed E-state index contributed by atoms with van der Waals surface area (Å²) in [6, 6.07) is 5.37. The summed E-state index contributed by atoms with van der Waals surface area (Å²) in [5, 5.41) is 4.86. The molecule has 4 heterocycles. The lowest BCUT2D eigenvalue weighted by molar-refractivity contribution is -0.146. The Morgan fingerprint density at radius 1 is 1.26 bits per heavy atom. The average Bonchev–Trinajstić information content (AvgIpc) is 3.15. The van der Waals surface area contributed by atoms with E-state index in [-0.39, 0.29) is 17.6 Å². The van der Waals surface area contributed by atoms with Gasteiger partial charge in [-0.1, -0.05) is 6.07 Å². The van der Waals surface area contributed by atoms with E-state index in [1.165, 1.54) is 11.0 Å². The summed E-state index contributed by atoms with van der Waals surface area (Å²) in [5.74, 6) is -0.167. The van der Waals surface area contributed by atoms with Gasteiger partial charge < -0.3 is 16.0 Å². The lowest BCUT2D eigenvalue weighted by Crippen LogP contribution is -2.49. The minimum Gasteiger partial charge on any atom is -0.366 e. The van der Waals surface area contributed by atoms with Crippen LogP contribution in [0.5, 0.6) is 0 Å². The smallest absolute Gasteiger partial charge is 0.366 e. The van der Waals surface area contributed by atoms with Crippen LogP contribution in [-0.2, 0) is 0 Å². The number of hydrogen-bond donors (Lipinski definition) is 3. The van der Waals surface area contributed by atoms with Gasteiger partial charge in [0.15, 0.2) is 5.82 Å². The molecule has 31 heavy (non-hydrogen) atoms. The highest BCUT2D eigenvalue weighted by atomic mass is 19.4. The van der Waals surface area contributed by atoms with Crippen molar-refractivity contribution < 1.29 is 22.8 Å². The molecule has 2 atom stereocenters. The number of hydrogen-bond acceptors (Lipinski definition) is 6. The largest absolute Gasteiger partial charge is 0.405 e. The molecule has 0 spiro atoms. The fourth-order valence-corrected chi connectivity index (χ4v) is 3.61. The molecule has 4 N–H and O–H groups in total. The van der Waals surface area contributed by atoms with Crippen molar-refractivity contribution in [3.8, 4) is 0 Å². The zero-order chi connectivity index (χ0) is 22.2. The van der Waals surface area contributed by atoms with Crippen LogP contribution < -0.4 is 26.2 Å². The number of nitrogens with zero attached hydrogens (tertiary/aromatic N) is 4. The molecule has 3 amide bonds. The number of pyridine rings is 2. The number of rotatable bonds is 4. The Kier molecular flexibility index (Phi) is 5.39. The van der Waals surface area contributed by atoms with Crippen molar-refractivity contribution in [3.63, 3.8) is 0 Å². The maximum atomic E-state index is 13.0. The molecular formula is C19H20F3N7O2. The van der Waals surface area contributed by atoms with E-state index in [9.17, 15) is 22.8 Å². The molecule has 164 valence electrons. The van der Waals surface area contributed by atoms with Crippen LogP contribution in [0, 0.1) is 0 Å². The van der Waals surface area contributed by atoms with Gasteiger partial charge in [0, 0.05) is 25.8 Å². The minimum atomic E-state index is -4.62. The number of nitrogens with one attached hydrogen (secondary N) is 2. The van der Waals surface area contributed by atoms with Crippen molar-refractivity contribution >= 4 is 29.3 Å². The van der Waals surface area contributed by atoms with E-state index in [1.54, 1.807) is 30.5 Å². The highest BCUT2D eigenvalue weighted by Gasteiger charge is 2.41. The van der Waals surface area contributed by atoms with E-state index < -0.39 is 30.7 Å². The second-order valence-corrected chi connectivity index (χ2v) is 7.30. The molecule has 12 heteroatoms. The van der Waals surface area contributed by atoms with Crippen LogP contribution in [0.2, 0.25) is 0 Å². The second kappa shape index (κ2) is 8.02. The molecule has 4 rings (SSSR count). The highest BCUT2D eigenvalue weighted by Crippen LogP contribution is 2.39. The van der Waals surface area contributed by atoms with E-state index in [2.05, 4.69) is 25.5 Å². The summed E-state index contributed by atoms with van der Waals surface area (Å²) in [7, 11) is 0. The normalized spacial score (nSPS) is 18.4. The molecule has 0 aromatic carbocycles. The van der Waals surface area contributed by atoms with Gasteiger partial charge in [-0.15, -0.1) is 0 Å². The van der Waals surface area contributed by atoms with Gasteiger partial charge >= 0.3 is 12.2 Å². The predicted octanol–water partition coefficient (Wildman–Crippen LogP) is 1.73. The maximum absolute atomic E-state index is 13.0. The number of alkyl halides is 3. The summed E-state index contributed by atoms with van der Waals surface area (Å²) in [4.78, 5) is 37.3. The Bertz CT molecular complexity index is 986. The number of aromatic nitrogens is 2. The van der Waals surface area contributed by atoms with Crippen LogP contribution in [0.1, 0.15) is 16.9 Å². The first-order chi connectivity index (χ1) is 14.7. The highest BCUT2D eigenvalue weighted by molar-refractivity contribution is 6.05. The average molecular weight is 435 g/mol. The zero-order valence-electron chi connectivity index (χ0n) is 16.3. The topological polar surface area (TPSA) is 116 Å². The fourth-order valence-electron chi connectivity index (χ4n) is 3.61. The van der Waals surface area contributed by atoms with Gasteiger partial charge in [-0.05, 0) is 30.7 Å². The van der Waals surface area contributed by atoms with Crippen LogP contribution in [-0.4, -0.2) is 59.8 Å². The van der Waals surface area contributed by atoms with Gasteiger partial charge in [0.25, 0.3) is 5.91 Å². The van der Waals surface area contributed by atoms with Crippen molar-refractivity contribution in [1.29, 1.82) is 0 Å². The number of halogens is 3. The first-order valence-electron chi connectivity index (χ1n) is 9.62. The molecule has 2 unspecified atom stereocenters. The first-order valence-corrected chi connectivity index (χ1v) is 9.62. The quantitative estimate of drug-likeness (QED) is 0.674. The standard InChI is InChI=1S/C19H20F3N7O2/c20-19(21,22)14(23)9-25-17(30)12-4-5-13-16(26-12)29(11-6-8-28(13)10-11)18(31)27-15-3-1-2-7-24-15/h1-5,7,11,14H,6,8-10,23H2,(H,25,30)(H,24,27,31). The Morgan fingerprint density at radius 2 is 2.06 bits per heavy atom. The Morgan fingerprint density at radius 3 is 2.77 bits per heavy atom. The lowest BCUT2D eigenvalue weighted by Gasteiger charge is -2.35. The number of urea groups is 1. The third-order valence-electron chi connectivity index (χ3n) is 5.21. The van der Waals surface area contributed by atoms with Gasteiger partial charge in [-0.3, -0.25) is 15.0 Å². The summed E-state index contributed by atoms with van der Waals surface area (Å²) in [5.41, 5.74) is 5.60. The molecular weight excluding hydrogens is 415 g/mol. The number of carbonyl (C=O) groups excluding carboxylic acids is 2. The van der Waals surface area contributed by atoms with Gasteiger partial charge in [0.2, 0.25) is 0 Å². The Hall–Kier alpha value is -3.41. The summed E-state index contributed by atoms with van der Waals surface area (Å²) in [6.45, 7) is 0.564. The van der Waals surface area contributed by atoms with E-state index >= 15 is 0 Å². The molecule has 0 aliphatic carbocycles. The number of carbonyl (C=O) groups is 2. The molecule has 1 fully saturated rings. The Balaban J connectivity index is 1.57. The molecule has 0 radical (unpaired) electrons. The Labute approximate surface area is 175 Å². The van der Waals surface area contributed by atoms with E-state index in [1.807, 2.05) is 0 Å². The van der Waals surface area contributed by atoms with E-state index in [4.69, 9.17) is 5.73 Å². The number of nitrogens with two attached hydrogens (primary N) is 1. The van der Waals surface area contributed by atoms with Crippen molar-refractivity contribution in [2.24, 2.45) is 5.73 Å². The van der Waals surface area contributed by atoms with E-state index in [0.717, 1.165) is 6.54 Å². The molecule has 0 saturated carbocycles. The second-order valence-electron chi connectivity index (χ2n) is 7.30. The predicted molar refractivity (Wildman–Crippen MR) is 107 cm³/mol. The molecule has 2 bridgehead atoms. The molecule has 2 aliphatic rings. The van der Waals surface area contributed by atoms with Gasteiger partial charge in [-0.25, -0.2) is 14.8 Å². The first kappa shape index (κ1) is 20.8. The van der Waals surface area contributed by atoms with Crippen molar-refractivity contribution in [2.45, 2.75) is 24.7 Å². The van der Waals surface area contributed by atoms with Gasteiger partial charge in [0.1, 0.15) is 17.6 Å². The number of amides is 3. The van der Waals surface area contributed by atoms with Crippen LogP contribution in [0.3, 0.4) is 0 Å². The van der Waals surface area contributed by atoms with Gasteiger partial charge in [-0.2, -0.15) is 13.2 Å². The van der Waals surface area contributed by atoms with Crippen molar-refractivity contribution in [2.75, 3.05) is 34.8 Å². The van der Waals surface area contributed by atoms with Gasteiger partial charge in [0.05, 0.1) is 11.7 Å². The summed E-state index contributed by atoms with van der Waals surface area (Å²) < 4.78 is 37.8. The van der Waals surface area contributed by atoms with Crippen LogP contribution in [0.15, 0.2) is 36.5 Å². The van der Waals surface area contributed by atoms with E-state index in [0.29, 0.717) is 24.5 Å². The lowest BCUT2D eigenvalue weighted by atomic mass is 10.1. The minimum absolute atomic E-state index is 0.105. The molecule has 2 aromatic heterocycles. The molecule has 2 aromatic rings. The fraction of sp³-hybridized carbons (Fsp3) is 0.368. The van der Waals surface area contributed by atoms with Crippen LogP contribution in [0.4, 0.5) is 35.3 Å². The third-order valence-corrected chi connectivity index (χ3v) is 5.21. The third kappa shape index (κ3) is 4.24. The number of anilines is 3. The molecule has 2 aliphatic heterocycles. The SMILES string of the molecule is NC(CNC(=O)c1ccc2c(n1)N(C(=O)Nc1ccccn1)C1CCN2C1)C(F)(F)F. The summed E-state index contributed by atoms with van der Waals surface area (Å²) >= 11 is 0. The molecule has 9 nitrogen and oxygen atoms in total. The van der Waals surface area contributed by atoms with Crippen LogP contribution >= 0.6 is 0 Å². The molecule has 1 saturated heterocycles. The summed E-state index contributed by atoms with van der Waals surface area (Å²) in [6.07, 6.45) is -2.36.